The van der Waals surface area contributed by atoms with Crippen molar-refractivity contribution >= 4 is 0 Å². The van der Waals surface area contributed by atoms with Crippen molar-refractivity contribution in [3.05, 3.63) is 21.3 Å². The Bertz CT molecular complexity index is 42.5. The minimum atomic E-state index is 0. The zero-order chi connectivity index (χ0) is 13.7. The van der Waals surface area contributed by atoms with E-state index in [1.54, 1.807) is 28.2 Å². The molecule has 0 aromatic heterocycles. The molecule has 0 aliphatic rings. The Labute approximate surface area is 124 Å². The number of nitrogens with zero attached hydrogens (tertiary/aromatic N) is 4. The van der Waals surface area contributed by atoms with E-state index in [0.717, 1.165) is 26.2 Å². The van der Waals surface area contributed by atoms with E-state index in [-0.39, 0.29) is 21.1 Å². The van der Waals surface area contributed by atoms with Crippen molar-refractivity contribution < 1.29 is 21.1 Å². The smallest absolute Gasteiger partial charge is 0.665 e. The molecule has 0 amide bonds. The molecular weight excluding hydrogens is 296 g/mol. The minimum Gasteiger partial charge on any atom is -0.665 e. The second-order valence-corrected chi connectivity index (χ2v) is 2.53. The van der Waals surface area contributed by atoms with Gasteiger partial charge in [-0.15, -0.1) is 0 Å². The molecule has 17 heavy (non-hydrogen) atoms. The van der Waals surface area contributed by atoms with Gasteiger partial charge >= 0.3 is 21.1 Å². The molecule has 0 rings (SSSR count). The van der Waals surface area contributed by atoms with Gasteiger partial charge in [0, 0.05) is 0 Å². The molecule has 0 atom stereocenters. The first-order valence-electron chi connectivity index (χ1n) is 5.88. The summed E-state index contributed by atoms with van der Waals surface area (Å²) in [6, 6.07) is 0. The van der Waals surface area contributed by atoms with Gasteiger partial charge in [-0.2, -0.15) is 54.4 Å². The van der Waals surface area contributed by atoms with E-state index < -0.39 is 0 Å². The molecule has 108 valence electrons. The van der Waals surface area contributed by atoms with Crippen LogP contribution in [-0.2, 0) is 21.1 Å². The van der Waals surface area contributed by atoms with Gasteiger partial charge in [-0.25, -0.2) is 0 Å². The Morgan fingerprint density at radius 1 is 0.471 bits per heavy atom. The molecule has 5 heteroatoms. The predicted molar refractivity (Wildman–Crippen MR) is 79.3 cm³/mol. The number of rotatable bonds is 4. The van der Waals surface area contributed by atoms with Crippen LogP contribution in [0.5, 0.6) is 0 Å². The summed E-state index contributed by atoms with van der Waals surface area (Å²) < 4.78 is 0. The molecule has 0 bridgehead atoms. The summed E-state index contributed by atoms with van der Waals surface area (Å²) in [5.74, 6) is 0. The quantitative estimate of drug-likeness (QED) is 0.700. The molecule has 0 fully saturated rings. The van der Waals surface area contributed by atoms with Crippen LogP contribution in [0.2, 0.25) is 0 Å². The van der Waals surface area contributed by atoms with Crippen molar-refractivity contribution in [2.45, 2.75) is 27.7 Å². The monoisotopic (exact) mass is 330 g/mol. The second kappa shape index (κ2) is 54.8. The van der Waals surface area contributed by atoms with Crippen molar-refractivity contribution in [3.8, 4) is 0 Å². The molecule has 0 aliphatic heterocycles. The Morgan fingerprint density at radius 3 is 0.529 bits per heavy atom. The van der Waals surface area contributed by atoms with E-state index in [9.17, 15) is 0 Å². The van der Waals surface area contributed by atoms with Gasteiger partial charge in [0.1, 0.15) is 0 Å². The molecule has 0 unspecified atom stereocenters. The third kappa shape index (κ3) is 170. The fourth-order valence-electron chi connectivity index (χ4n) is 0. The van der Waals surface area contributed by atoms with E-state index >= 15 is 0 Å². The molecule has 0 aromatic carbocycles. The predicted octanol–water partition coefficient (Wildman–Crippen LogP) is 4.04. The molecular formula is C12H32MoN4-2. The minimum absolute atomic E-state index is 0. The average Bonchev–Trinajstić information content (AvgIpc) is 2.39. The van der Waals surface area contributed by atoms with Crippen molar-refractivity contribution in [3.63, 3.8) is 0 Å². The van der Waals surface area contributed by atoms with Crippen LogP contribution in [0.25, 0.3) is 21.3 Å². The summed E-state index contributed by atoms with van der Waals surface area (Å²) in [4.78, 5) is 0. The first kappa shape index (κ1) is 30.5. The normalized spacial score (nSPS) is 7.06. The fourth-order valence-corrected chi connectivity index (χ4v) is 0. The zero-order valence-electron chi connectivity index (χ0n) is 13.0. The van der Waals surface area contributed by atoms with Gasteiger partial charge in [-0.3, -0.25) is 0 Å². The van der Waals surface area contributed by atoms with Crippen LogP contribution >= 0.6 is 0 Å². The van der Waals surface area contributed by atoms with Crippen LogP contribution in [0.1, 0.15) is 27.7 Å². The Morgan fingerprint density at radius 2 is 0.529 bits per heavy atom. The maximum atomic E-state index is 3.74. The number of hydrogen-bond acceptors (Lipinski definition) is 0. The zero-order valence-corrected chi connectivity index (χ0v) is 15.0. The summed E-state index contributed by atoms with van der Waals surface area (Å²) in [5.41, 5.74) is 0. The van der Waals surface area contributed by atoms with Crippen LogP contribution in [0.3, 0.4) is 0 Å². The second-order valence-electron chi connectivity index (χ2n) is 2.53. The Kier molecular flexibility index (Phi) is 98.3. The first-order chi connectivity index (χ1) is 7.66. The molecule has 0 saturated carbocycles. The molecule has 0 spiro atoms. The van der Waals surface area contributed by atoms with Gasteiger partial charge in [0.05, 0.1) is 0 Å². The van der Waals surface area contributed by atoms with Crippen LogP contribution < -0.4 is 0 Å². The van der Waals surface area contributed by atoms with E-state index in [1.807, 2.05) is 27.7 Å². The van der Waals surface area contributed by atoms with Crippen molar-refractivity contribution in [2.24, 2.45) is 0 Å². The van der Waals surface area contributed by atoms with Gasteiger partial charge in [0.2, 0.25) is 0 Å². The Balaban J connectivity index is -0.0000000369. The molecule has 0 N–H and O–H groups in total. The van der Waals surface area contributed by atoms with Crippen LogP contribution in [0.15, 0.2) is 0 Å². The molecule has 0 saturated heterocycles. The average molecular weight is 328 g/mol. The fraction of sp³-hybridized carbons (Fsp3) is 1.00. The summed E-state index contributed by atoms with van der Waals surface area (Å²) in [7, 11) is 7.22. The maximum Gasteiger partial charge on any atom is 2.00 e. The van der Waals surface area contributed by atoms with Gasteiger partial charge in [-0.05, 0) is 0 Å². The van der Waals surface area contributed by atoms with Gasteiger partial charge < -0.3 is 21.3 Å². The van der Waals surface area contributed by atoms with Gasteiger partial charge in [-0.1, -0.05) is 27.7 Å². The van der Waals surface area contributed by atoms with Crippen LogP contribution in [-0.4, -0.2) is 54.4 Å². The maximum absolute atomic E-state index is 3.74. The topological polar surface area (TPSA) is 56.4 Å². The summed E-state index contributed by atoms with van der Waals surface area (Å²) in [6.45, 7) is 11.8. The van der Waals surface area contributed by atoms with E-state index in [1.165, 1.54) is 0 Å². The molecule has 0 aliphatic carbocycles. The first-order valence-corrected chi connectivity index (χ1v) is 5.88. The van der Waals surface area contributed by atoms with Gasteiger partial charge in [0.15, 0.2) is 0 Å². The van der Waals surface area contributed by atoms with E-state index in [4.69, 9.17) is 0 Å². The van der Waals surface area contributed by atoms with Crippen LogP contribution in [0, 0.1) is 0 Å². The molecule has 0 radical (unpaired) electrons. The van der Waals surface area contributed by atoms with E-state index in [0.29, 0.717) is 0 Å². The third-order valence-electron chi connectivity index (χ3n) is 1.26. The van der Waals surface area contributed by atoms with Crippen molar-refractivity contribution in [1.82, 2.24) is 0 Å². The van der Waals surface area contributed by atoms with Crippen molar-refractivity contribution in [2.75, 3.05) is 54.4 Å². The van der Waals surface area contributed by atoms with Crippen molar-refractivity contribution in [1.29, 1.82) is 0 Å². The standard InChI is InChI=1S/4C3H8N.Mo/c4*1-3-4-2;/h4*3H2,1-2H3;/q4*-1;+2. The summed E-state index contributed by atoms with van der Waals surface area (Å²) in [6.07, 6.45) is 0. The SMILES string of the molecule is CC[N-]C.CC[N-]C.CC[N-]C.CC[N-]C.[Mo+2]. The van der Waals surface area contributed by atoms with Crippen LogP contribution in [0.4, 0.5) is 0 Å². The summed E-state index contributed by atoms with van der Waals surface area (Å²) >= 11 is 0. The molecule has 0 heterocycles. The number of hydrogen-bond donors (Lipinski definition) is 0. The van der Waals surface area contributed by atoms with Gasteiger partial charge in [0.25, 0.3) is 0 Å². The summed E-state index contributed by atoms with van der Waals surface area (Å²) in [5, 5.41) is 14.9. The molecule has 0 aromatic rings. The molecule has 4 nitrogen and oxygen atoms in total. The Hall–Kier alpha value is 0.528. The third-order valence-corrected chi connectivity index (χ3v) is 1.26. The van der Waals surface area contributed by atoms with E-state index in [2.05, 4.69) is 21.3 Å². The largest absolute Gasteiger partial charge is 2.00 e.